The molecule has 5 nitrogen and oxygen atoms in total. The van der Waals surface area contributed by atoms with Crippen LogP contribution in [0.5, 0.6) is 5.75 Å². The molecule has 30 heavy (non-hydrogen) atoms. The minimum Gasteiger partial charge on any atom is -0.494 e. The van der Waals surface area contributed by atoms with Gasteiger partial charge in [0.15, 0.2) is 0 Å². The summed E-state index contributed by atoms with van der Waals surface area (Å²) in [6.07, 6.45) is 1.77. The van der Waals surface area contributed by atoms with Gasteiger partial charge in [0.2, 0.25) is 0 Å². The lowest BCUT2D eigenvalue weighted by molar-refractivity contribution is -0.112. The number of benzene rings is 2. The zero-order valence-electron chi connectivity index (χ0n) is 16.3. The summed E-state index contributed by atoms with van der Waals surface area (Å²) >= 11 is 6.01. The predicted octanol–water partition coefficient (Wildman–Crippen LogP) is 5.48. The number of pyridine rings is 1. The summed E-state index contributed by atoms with van der Waals surface area (Å²) in [5, 5.41) is 3.27. The van der Waals surface area contributed by atoms with Gasteiger partial charge in [-0.1, -0.05) is 29.8 Å². The Morgan fingerprint density at radius 3 is 2.43 bits per heavy atom. The van der Waals surface area contributed by atoms with Gasteiger partial charge in [0, 0.05) is 28.0 Å². The number of halogens is 1. The third-order valence-corrected chi connectivity index (χ3v) is 4.93. The molecule has 0 aliphatic carbocycles. The molecule has 2 aromatic carbocycles. The molecule has 0 bridgehead atoms. The van der Waals surface area contributed by atoms with Crippen LogP contribution in [-0.4, -0.2) is 22.7 Å². The number of rotatable bonds is 6. The quantitative estimate of drug-likeness (QED) is 0.333. The average molecular weight is 419 g/mol. The van der Waals surface area contributed by atoms with E-state index in [9.17, 15) is 9.59 Å². The summed E-state index contributed by atoms with van der Waals surface area (Å²) in [5.74, 6) is -0.636. The fourth-order valence-electron chi connectivity index (χ4n) is 3.30. The second-order valence-electron chi connectivity index (χ2n) is 6.65. The Labute approximate surface area is 178 Å². The number of nitrogens with one attached hydrogen (secondary N) is 1. The molecule has 0 spiro atoms. The van der Waals surface area contributed by atoms with Crippen LogP contribution in [0.15, 0.2) is 79.0 Å². The minimum atomic E-state index is -0.710. The normalized spacial score (nSPS) is 10.7. The van der Waals surface area contributed by atoms with Gasteiger partial charge in [-0.05, 0) is 67.1 Å². The maximum absolute atomic E-state index is 13.2. The maximum atomic E-state index is 13.2. The predicted molar refractivity (Wildman–Crippen MR) is 118 cm³/mol. The molecule has 4 rings (SSSR count). The Bertz CT molecular complexity index is 1210. The van der Waals surface area contributed by atoms with Gasteiger partial charge in [-0.15, -0.1) is 0 Å². The standard InChI is InChI=1S/C24H19ClN2O3/c1-2-30-20-12-10-18(11-13-20)26-24(29)23(28)22-21(16-6-8-17(25)9-7-16)15-19-5-3-4-14-27(19)22/h3-15H,2H2,1H3,(H,26,29). The number of hydrogen-bond acceptors (Lipinski definition) is 3. The van der Waals surface area contributed by atoms with E-state index in [4.69, 9.17) is 16.3 Å². The van der Waals surface area contributed by atoms with E-state index in [1.165, 1.54) is 0 Å². The molecular weight excluding hydrogens is 400 g/mol. The number of amides is 1. The number of fused-ring (bicyclic) bond motifs is 1. The van der Waals surface area contributed by atoms with Crippen molar-refractivity contribution >= 4 is 34.5 Å². The van der Waals surface area contributed by atoms with Crippen LogP contribution >= 0.6 is 11.6 Å². The topological polar surface area (TPSA) is 59.8 Å². The van der Waals surface area contributed by atoms with Gasteiger partial charge < -0.3 is 14.5 Å². The van der Waals surface area contributed by atoms with Gasteiger partial charge in [-0.3, -0.25) is 9.59 Å². The SMILES string of the molecule is CCOc1ccc(NC(=O)C(=O)c2c(-c3ccc(Cl)cc3)cc3ccccn23)cc1. The number of ether oxygens (including phenoxy) is 1. The highest BCUT2D eigenvalue weighted by molar-refractivity contribution is 6.47. The Hall–Kier alpha value is -3.57. The van der Waals surface area contributed by atoms with Gasteiger partial charge in [0.05, 0.1) is 6.61 Å². The first-order valence-corrected chi connectivity index (χ1v) is 9.89. The second kappa shape index (κ2) is 8.43. The van der Waals surface area contributed by atoms with E-state index < -0.39 is 11.7 Å². The summed E-state index contributed by atoms with van der Waals surface area (Å²) < 4.78 is 7.13. The molecule has 150 valence electrons. The maximum Gasteiger partial charge on any atom is 0.298 e. The van der Waals surface area contributed by atoms with Crippen molar-refractivity contribution < 1.29 is 14.3 Å². The first-order chi connectivity index (χ1) is 14.6. The van der Waals surface area contributed by atoms with Crippen molar-refractivity contribution in [1.82, 2.24) is 4.40 Å². The minimum absolute atomic E-state index is 0.302. The highest BCUT2D eigenvalue weighted by atomic mass is 35.5. The molecule has 4 aromatic rings. The third kappa shape index (κ3) is 3.93. The molecule has 2 aromatic heterocycles. The number of ketones is 1. The lowest BCUT2D eigenvalue weighted by atomic mass is 10.0. The Morgan fingerprint density at radius 1 is 1.00 bits per heavy atom. The third-order valence-electron chi connectivity index (χ3n) is 4.68. The Morgan fingerprint density at radius 2 is 1.73 bits per heavy atom. The van der Waals surface area contributed by atoms with Crippen LogP contribution in [-0.2, 0) is 4.79 Å². The van der Waals surface area contributed by atoms with E-state index in [1.54, 1.807) is 47.0 Å². The highest BCUT2D eigenvalue weighted by Crippen LogP contribution is 2.29. The summed E-state index contributed by atoms with van der Waals surface area (Å²) in [5.41, 5.74) is 3.12. The van der Waals surface area contributed by atoms with Crippen molar-refractivity contribution in [1.29, 1.82) is 0 Å². The average Bonchev–Trinajstić information content (AvgIpc) is 3.14. The smallest absolute Gasteiger partial charge is 0.298 e. The lowest BCUT2D eigenvalue weighted by Gasteiger charge is -2.09. The monoisotopic (exact) mass is 418 g/mol. The molecule has 1 amide bonds. The second-order valence-corrected chi connectivity index (χ2v) is 7.09. The van der Waals surface area contributed by atoms with Crippen molar-refractivity contribution in [2.75, 3.05) is 11.9 Å². The number of anilines is 1. The first kappa shape index (κ1) is 19.7. The number of hydrogen-bond donors (Lipinski definition) is 1. The molecule has 0 saturated carbocycles. The summed E-state index contributed by atoms with van der Waals surface area (Å²) in [6.45, 7) is 2.45. The molecule has 0 atom stereocenters. The van der Waals surface area contributed by atoms with E-state index in [0.29, 0.717) is 34.3 Å². The van der Waals surface area contributed by atoms with Gasteiger partial charge in [-0.2, -0.15) is 0 Å². The van der Waals surface area contributed by atoms with E-state index in [2.05, 4.69) is 5.32 Å². The lowest BCUT2D eigenvalue weighted by Crippen LogP contribution is -2.24. The van der Waals surface area contributed by atoms with Crippen LogP contribution in [0.4, 0.5) is 5.69 Å². The van der Waals surface area contributed by atoms with E-state index in [-0.39, 0.29) is 0 Å². The first-order valence-electron chi connectivity index (χ1n) is 9.51. The molecule has 0 radical (unpaired) electrons. The van der Waals surface area contributed by atoms with Crippen molar-refractivity contribution in [3.63, 3.8) is 0 Å². The number of Topliss-reactive ketones (excluding diaryl/α,β-unsaturated/α-hetero) is 1. The summed E-state index contributed by atoms with van der Waals surface area (Å²) in [6, 6.07) is 21.6. The molecule has 0 aliphatic rings. The van der Waals surface area contributed by atoms with Gasteiger partial charge in [0.1, 0.15) is 11.4 Å². The molecule has 0 unspecified atom stereocenters. The zero-order chi connectivity index (χ0) is 21.1. The largest absolute Gasteiger partial charge is 0.494 e. The van der Waals surface area contributed by atoms with E-state index >= 15 is 0 Å². The van der Waals surface area contributed by atoms with Gasteiger partial charge in [-0.25, -0.2) is 0 Å². The zero-order valence-corrected chi connectivity index (χ0v) is 17.0. The van der Waals surface area contributed by atoms with Crippen LogP contribution in [0, 0.1) is 0 Å². The van der Waals surface area contributed by atoms with E-state index in [1.807, 2.05) is 43.3 Å². The fourth-order valence-corrected chi connectivity index (χ4v) is 3.43. The van der Waals surface area contributed by atoms with E-state index in [0.717, 1.165) is 11.1 Å². The summed E-state index contributed by atoms with van der Waals surface area (Å²) in [4.78, 5) is 25.9. The molecule has 2 heterocycles. The molecule has 0 fully saturated rings. The van der Waals surface area contributed by atoms with Crippen LogP contribution in [0.25, 0.3) is 16.6 Å². The number of nitrogens with zero attached hydrogens (tertiary/aromatic N) is 1. The Kier molecular flexibility index (Phi) is 5.55. The van der Waals surface area contributed by atoms with Crippen molar-refractivity contribution in [3.05, 3.63) is 89.7 Å². The highest BCUT2D eigenvalue weighted by Gasteiger charge is 2.24. The van der Waals surface area contributed by atoms with Crippen molar-refractivity contribution in [2.24, 2.45) is 0 Å². The van der Waals surface area contributed by atoms with Crippen molar-refractivity contribution in [3.8, 4) is 16.9 Å². The van der Waals surface area contributed by atoms with Gasteiger partial charge in [0.25, 0.3) is 11.7 Å². The summed E-state index contributed by atoms with van der Waals surface area (Å²) in [7, 11) is 0. The fraction of sp³-hybridized carbons (Fsp3) is 0.0833. The number of carbonyl (C=O) groups is 2. The van der Waals surface area contributed by atoms with Gasteiger partial charge >= 0.3 is 0 Å². The number of aromatic nitrogens is 1. The van der Waals surface area contributed by atoms with Crippen LogP contribution in [0.2, 0.25) is 5.02 Å². The molecule has 0 saturated heterocycles. The molecular formula is C24H19ClN2O3. The number of carbonyl (C=O) groups excluding carboxylic acids is 2. The van der Waals surface area contributed by atoms with Crippen LogP contribution in [0.1, 0.15) is 17.4 Å². The van der Waals surface area contributed by atoms with Crippen LogP contribution < -0.4 is 10.1 Å². The Balaban J connectivity index is 1.69. The molecule has 6 heteroatoms. The molecule has 0 aliphatic heterocycles. The van der Waals surface area contributed by atoms with Crippen molar-refractivity contribution in [2.45, 2.75) is 6.92 Å². The molecule has 1 N–H and O–H groups in total. The van der Waals surface area contributed by atoms with Crippen LogP contribution in [0.3, 0.4) is 0 Å².